The van der Waals surface area contributed by atoms with Gasteiger partial charge in [-0.05, 0) is 30.3 Å². The van der Waals surface area contributed by atoms with Gasteiger partial charge >= 0.3 is 0 Å². The summed E-state index contributed by atoms with van der Waals surface area (Å²) < 4.78 is 5.61. The van der Waals surface area contributed by atoms with Gasteiger partial charge in [-0.25, -0.2) is 5.43 Å². The van der Waals surface area contributed by atoms with Gasteiger partial charge in [0.1, 0.15) is 23.2 Å². The van der Waals surface area contributed by atoms with E-state index in [-0.39, 0.29) is 17.0 Å². The molecule has 0 saturated heterocycles. The van der Waals surface area contributed by atoms with Crippen LogP contribution in [0.4, 0.5) is 5.69 Å². The Morgan fingerprint density at radius 3 is 2.57 bits per heavy atom. The summed E-state index contributed by atoms with van der Waals surface area (Å²) >= 11 is 6.00. The lowest BCUT2D eigenvalue weighted by Gasteiger charge is -1.99. The minimum atomic E-state index is -0.714. The van der Waals surface area contributed by atoms with Crippen LogP contribution in [0.2, 0.25) is 5.02 Å². The Morgan fingerprint density at radius 2 is 1.90 bits per heavy atom. The molecule has 30 heavy (non-hydrogen) atoms. The van der Waals surface area contributed by atoms with E-state index in [0.29, 0.717) is 21.9 Å². The Morgan fingerprint density at radius 1 is 1.17 bits per heavy atom. The Labute approximate surface area is 175 Å². The van der Waals surface area contributed by atoms with Crippen LogP contribution in [0, 0.1) is 21.4 Å². The Hall–Kier alpha value is -4.22. The van der Waals surface area contributed by atoms with Gasteiger partial charge < -0.3 is 4.42 Å². The lowest BCUT2D eigenvalue weighted by atomic mass is 10.1. The smallest absolute Gasteiger partial charge is 0.282 e. The highest BCUT2D eigenvalue weighted by atomic mass is 35.5. The van der Waals surface area contributed by atoms with Crippen LogP contribution in [0.3, 0.4) is 0 Å². The molecule has 3 aromatic rings. The van der Waals surface area contributed by atoms with E-state index in [0.717, 1.165) is 0 Å². The highest BCUT2D eigenvalue weighted by molar-refractivity contribution is 6.33. The zero-order valence-corrected chi connectivity index (χ0v) is 16.0. The molecule has 0 saturated carbocycles. The molecule has 0 aliphatic heterocycles. The van der Waals surface area contributed by atoms with Crippen molar-refractivity contribution < 1.29 is 14.1 Å². The molecule has 1 aromatic heterocycles. The molecule has 3 rings (SSSR count). The fourth-order valence-electron chi connectivity index (χ4n) is 2.42. The van der Waals surface area contributed by atoms with E-state index in [4.69, 9.17) is 16.0 Å². The number of hydrogen-bond acceptors (Lipinski definition) is 6. The lowest BCUT2D eigenvalue weighted by Crippen LogP contribution is -2.19. The standard InChI is InChI=1S/C21H13ClN4O4/c22-19-4-2-1-3-15(19)13-24-25-21(27)16(12-23)11-18-9-10-20(30-18)14-5-7-17(8-6-14)26(28)29/h1-11,13H,(H,25,27)/b16-11+,24-13+. The molecule has 148 valence electrons. The Bertz CT molecular complexity index is 1190. The van der Waals surface area contributed by atoms with Crippen molar-refractivity contribution in [3.8, 4) is 17.4 Å². The molecule has 2 aromatic carbocycles. The Balaban J connectivity index is 1.71. The maximum Gasteiger partial charge on any atom is 0.282 e. The summed E-state index contributed by atoms with van der Waals surface area (Å²) in [6.45, 7) is 0. The molecule has 0 unspecified atom stereocenters. The number of benzene rings is 2. The van der Waals surface area contributed by atoms with Gasteiger partial charge in [-0.2, -0.15) is 10.4 Å². The second-order valence-electron chi connectivity index (χ2n) is 5.90. The second-order valence-corrected chi connectivity index (χ2v) is 6.30. The number of carbonyl (C=O) groups is 1. The highest BCUT2D eigenvalue weighted by Crippen LogP contribution is 2.25. The van der Waals surface area contributed by atoms with Gasteiger partial charge in [0.15, 0.2) is 0 Å². The van der Waals surface area contributed by atoms with Gasteiger partial charge in [-0.3, -0.25) is 14.9 Å². The van der Waals surface area contributed by atoms with Crippen LogP contribution in [0.5, 0.6) is 0 Å². The fourth-order valence-corrected chi connectivity index (χ4v) is 2.61. The number of furan rings is 1. The molecule has 8 nitrogen and oxygen atoms in total. The topological polar surface area (TPSA) is 122 Å². The number of amides is 1. The number of carbonyl (C=O) groups excluding carboxylic acids is 1. The molecule has 1 amide bonds. The van der Waals surface area contributed by atoms with Crippen molar-refractivity contribution in [1.29, 1.82) is 5.26 Å². The predicted molar refractivity (Wildman–Crippen MR) is 112 cm³/mol. The third kappa shape index (κ3) is 4.98. The summed E-state index contributed by atoms with van der Waals surface area (Å²) in [5.41, 5.74) is 3.24. The van der Waals surface area contributed by atoms with Crippen LogP contribution in [-0.2, 0) is 4.79 Å². The SMILES string of the molecule is N#C/C(=C\c1ccc(-c2ccc([N+](=O)[O-])cc2)o1)C(=O)N/N=C/c1ccccc1Cl. The molecular formula is C21H13ClN4O4. The number of hydrogen-bond donors (Lipinski definition) is 1. The molecule has 1 heterocycles. The molecule has 1 N–H and O–H groups in total. The minimum Gasteiger partial charge on any atom is -0.457 e. The normalized spacial score (nSPS) is 11.3. The summed E-state index contributed by atoms with van der Waals surface area (Å²) in [7, 11) is 0. The van der Waals surface area contributed by atoms with E-state index < -0.39 is 10.8 Å². The van der Waals surface area contributed by atoms with Gasteiger partial charge in [-0.1, -0.05) is 29.8 Å². The number of non-ortho nitro benzene ring substituents is 1. The highest BCUT2D eigenvalue weighted by Gasteiger charge is 2.11. The van der Waals surface area contributed by atoms with E-state index >= 15 is 0 Å². The maximum absolute atomic E-state index is 12.2. The fraction of sp³-hybridized carbons (Fsp3) is 0. The van der Waals surface area contributed by atoms with Gasteiger partial charge in [0.25, 0.3) is 11.6 Å². The average molecular weight is 421 g/mol. The third-order valence-electron chi connectivity index (χ3n) is 3.92. The van der Waals surface area contributed by atoms with Crippen molar-refractivity contribution in [3.63, 3.8) is 0 Å². The van der Waals surface area contributed by atoms with Crippen LogP contribution in [0.1, 0.15) is 11.3 Å². The number of nitro benzene ring substituents is 1. The van der Waals surface area contributed by atoms with Gasteiger partial charge in [0.2, 0.25) is 0 Å². The number of nitriles is 1. The number of hydrazone groups is 1. The second kappa shape index (κ2) is 9.32. The number of nitrogens with one attached hydrogen (secondary N) is 1. The molecule has 0 fully saturated rings. The van der Waals surface area contributed by atoms with Crippen molar-refractivity contribution in [2.24, 2.45) is 5.10 Å². The number of rotatable bonds is 6. The third-order valence-corrected chi connectivity index (χ3v) is 4.26. The summed E-state index contributed by atoms with van der Waals surface area (Å²) in [5, 5.41) is 24.3. The molecule has 0 aliphatic carbocycles. The monoisotopic (exact) mass is 420 g/mol. The van der Waals surface area contributed by atoms with Crippen molar-refractivity contribution in [2.75, 3.05) is 0 Å². The molecule has 0 bridgehead atoms. The van der Waals surface area contributed by atoms with E-state index in [1.54, 1.807) is 54.6 Å². The maximum atomic E-state index is 12.2. The van der Waals surface area contributed by atoms with E-state index in [9.17, 15) is 20.2 Å². The first-order chi connectivity index (χ1) is 14.5. The molecule has 0 atom stereocenters. The lowest BCUT2D eigenvalue weighted by molar-refractivity contribution is -0.384. The number of nitro groups is 1. The predicted octanol–water partition coefficient (Wildman–Crippen LogP) is 4.57. The zero-order chi connectivity index (χ0) is 21.5. The van der Waals surface area contributed by atoms with Crippen molar-refractivity contribution >= 4 is 35.5 Å². The van der Waals surface area contributed by atoms with Crippen LogP contribution in [0.15, 0.2) is 75.8 Å². The zero-order valence-electron chi connectivity index (χ0n) is 15.3. The van der Waals surface area contributed by atoms with Crippen molar-refractivity contribution in [1.82, 2.24) is 5.43 Å². The molecule has 0 spiro atoms. The van der Waals surface area contributed by atoms with Crippen LogP contribution < -0.4 is 5.43 Å². The Kier molecular flexibility index (Phi) is 6.37. The van der Waals surface area contributed by atoms with E-state index in [2.05, 4.69) is 10.5 Å². The largest absolute Gasteiger partial charge is 0.457 e. The quantitative estimate of drug-likeness (QED) is 0.206. The van der Waals surface area contributed by atoms with Crippen LogP contribution in [0.25, 0.3) is 17.4 Å². The summed E-state index contributed by atoms with van der Waals surface area (Å²) in [6.07, 6.45) is 2.64. The summed E-state index contributed by atoms with van der Waals surface area (Å²) in [5.74, 6) is -0.00943. The summed E-state index contributed by atoms with van der Waals surface area (Å²) in [6, 6.07) is 17.8. The van der Waals surface area contributed by atoms with Gasteiger partial charge in [0.05, 0.1) is 11.1 Å². The van der Waals surface area contributed by atoms with Crippen molar-refractivity contribution in [2.45, 2.75) is 0 Å². The number of halogens is 1. The molecular weight excluding hydrogens is 408 g/mol. The number of nitrogens with zero attached hydrogens (tertiary/aromatic N) is 3. The first kappa shape index (κ1) is 20.5. The molecule has 0 radical (unpaired) electrons. The molecule has 9 heteroatoms. The molecule has 0 aliphatic rings. The minimum absolute atomic E-state index is 0.0359. The first-order valence-corrected chi connectivity index (χ1v) is 8.90. The van der Waals surface area contributed by atoms with Crippen LogP contribution >= 0.6 is 11.6 Å². The average Bonchev–Trinajstić information content (AvgIpc) is 3.22. The van der Waals surface area contributed by atoms with E-state index in [1.807, 2.05) is 0 Å². The van der Waals surface area contributed by atoms with E-state index in [1.165, 1.54) is 24.4 Å². The first-order valence-electron chi connectivity index (χ1n) is 8.52. The van der Waals surface area contributed by atoms with Crippen LogP contribution in [-0.4, -0.2) is 17.0 Å². The van der Waals surface area contributed by atoms with Gasteiger partial charge in [0, 0.05) is 34.4 Å². The van der Waals surface area contributed by atoms with Gasteiger partial charge in [-0.15, -0.1) is 0 Å². The summed E-state index contributed by atoms with van der Waals surface area (Å²) in [4.78, 5) is 22.4. The van der Waals surface area contributed by atoms with Crippen molar-refractivity contribution in [3.05, 3.63) is 92.7 Å².